The van der Waals surface area contributed by atoms with Crippen LogP contribution in [0.2, 0.25) is 0 Å². The number of amides is 1. The summed E-state index contributed by atoms with van der Waals surface area (Å²) in [6.07, 6.45) is 1.40. The number of methoxy groups -OCH3 is 1. The lowest BCUT2D eigenvalue weighted by atomic mass is 10.0. The Hall–Kier alpha value is -3.21. The van der Waals surface area contributed by atoms with Crippen LogP contribution in [0.3, 0.4) is 0 Å². The van der Waals surface area contributed by atoms with E-state index in [9.17, 15) is 14.4 Å². The number of hydrogen-bond donors (Lipinski definition) is 2. The fourth-order valence-corrected chi connectivity index (χ4v) is 5.49. The molecule has 186 valence electrons. The first-order chi connectivity index (χ1) is 16.9. The normalized spacial score (nSPS) is 15.7. The number of thiophene rings is 1. The van der Waals surface area contributed by atoms with Gasteiger partial charge in [0.25, 0.3) is 5.56 Å². The van der Waals surface area contributed by atoms with Crippen molar-refractivity contribution in [1.29, 1.82) is 0 Å². The highest BCUT2D eigenvalue weighted by Gasteiger charge is 2.30. The van der Waals surface area contributed by atoms with Crippen LogP contribution in [0, 0.1) is 0 Å². The highest BCUT2D eigenvalue weighted by Crippen LogP contribution is 2.32. The molecule has 3 N–H and O–H groups in total. The monoisotopic (exact) mass is 497 g/mol. The molecule has 1 aromatic carbocycles. The van der Waals surface area contributed by atoms with Gasteiger partial charge in [-0.15, -0.1) is 11.3 Å². The summed E-state index contributed by atoms with van der Waals surface area (Å²) in [5, 5.41) is 2.08. The lowest BCUT2D eigenvalue weighted by Gasteiger charge is -2.34. The molecule has 9 nitrogen and oxygen atoms in total. The minimum Gasteiger partial charge on any atom is -0.385 e. The number of rotatable bonds is 9. The number of anilines is 2. The molecule has 4 rings (SSSR count). The maximum Gasteiger partial charge on any atom is 0.330 e. The maximum atomic E-state index is 13.6. The van der Waals surface area contributed by atoms with Crippen LogP contribution in [0.15, 0.2) is 51.4 Å². The summed E-state index contributed by atoms with van der Waals surface area (Å²) in [5.74, 6) is -0.270. The Bertz CT molecular complexity index is 1280. The predicted molar refractivity (Wildman–Crippen MR) is 138 cm³/mol. The number of nitrogens with one attached hydrogen (secondary N) is 1. The molecule has 0 saturated carbocycles. The van der Waals surface area contributed by atoms with Crippen LogP contribution >= 0.6 is 11.3 Å². The van der Waals surface area contributed by atoms with E-state index >= 15 is 0 Å². The van der Waals surface area contributed by atoms with Gasteiger partial charge >= 0.3 is 5.69 Å². The van der Waals surface area contributed by atoms with Gasteiger partial charge in [0.1, 0.15) is 5.82 Å². The first-order valence-corrected chi connectivity index (χ1v) is 12.5. The zero-order valence-corrected chi connectivity index (χ0v) is 20.8. The molecule has 35 heavy (non-hydrogen) atoms. The molecular formula is C25H31N5O4S. The third-order valence-corrected chi connectivity index (χ3v) is 7.44. The zero-order valence-electron chi connectivity index (χ0n) is 20.0. The molecule has 2 aromatic heterocycles. The van der Waals surface area contributed by atoms with E-state index in [4.69, 9.17) is 10.5 Å². The average Bonchev–Trinajstić information content (AvgIpc) is 3.33. The Balaban J connectivity index is 1.65. The molecule has 0 aliphatic carbocycles. The molecule has 1 aliphatic rings. The number of H-pyrrole nitrogens is 1. The Morgan fingerprint density at radius 2 is 2.03 bits per heavy atom. The second kappa shape index (κ2) is 11.0. The van der Waals surface area contributed by atoms with E-state index in [1.165, 1.54) is 19.9 Å². The van der Waals surface area contributed by atoms with Crippen LogP contribution < -0.4 is 21.9 Å². The molecule has 0 spiro atoms. The van der Waals surface area contributed by atoms with Crippen molar-refractivity contribution in [2.45, 2.75) is 32.4 Å². The first-order valence-electron chi connectivity index (χ1n) is 11.7. The molecule has 1 atom stereocenters. The van der Waals surface area contributed by atoms with E-state index in [2.05, 4.69) is 28.3 Å². The van der Waals surface area contributed by atoms with E-state index < -0.39 is 11.2 Å². The largest absolute Gasteiger partial charge is 0.385 e. The van der Waals surface area contributed by atoms with Crippen LogP contribution in [-0.4, -0.2) is 53.7 Å². The molecule has 3 heterocycles. The number of nitrogen functional groups attached to an aromatic ring is 1. The number of hydrogen-bond acceptors (Lipinski definition) is 7. The number of aromatic amines is 1. The van der Waals surface area contributed by atoms with E-state index in [0.29, 0.717) is 13.0 Å². The van der Waals surface area contributed by atoms with Crippen molar-refractivity contribution in [3.63, 3.8) is 0 Å². The Morgan fingerprint density at radius 3 is 2.77 bits per heavy atom. The van der Waals surface area contributed by atoms with Crippen LogP contribution in [0.1, 0.15) is 35.4 Å². The van der Waals surface area contributed by atoms with Gasteiger partial charge in [0.05, 0.1) is 13.1 Å². The summed E-state index contributed by atoms with van der Waals surface area (Å²) in [5.41, 5.74) is 7.21. The number of nitrogens with zero attached hydrogens (tertiary/aromatic N) is 3. The van der Waals surface area contributed by atoms with Crippen molar-refractivity contribution in [3.05, 3.63) is 78.6 Å². The third-order valence-electron chi connectivity index (χ3n) is 6.44. The summed E-state index contributed by atoms with van der Waals surface area (Å²) in [7, 11) is 1.58. The van der Waals surface area contributed by atoms with Gasteiger partial charge in [0, 0.05) is 37.7 Å². The highest BCUT2D eigenvalue weighted by molar-refractivity contribution is 7.10. The topological polar surface area (TPSA) is 114 Å². The average molecular weight is 498 g/mol. The minimum absolute atomic E-state index is 0.00233. The van der Waals surface area contributed by atoms with Crippen molar-refractivity contribution >= 4 is 28.7 Å². The molecular weight excluding hydrogens is 466 g/mol. The number of ether oxygens (including phenoxy) is 1. The number of nitrogens with two attached hydrogens (primary N) is 1. The standard InChI is InChI=1S/C25H31N5O4S/c1-17-19-10-14-35-20(19)9-12-28(17)16-21(31)29(11-6-13-34-2)22-23(26)30(25(33)27-24(22)32)15-18-7-4-3-5-8-18/h3-5,7-8,10,14,17H,6,9,11-13,15-16,26H2,1-2H3,(H,27,32,33)/t17-/m1/s1. The van der Waals surface area contributed by atoms with Crippen molar-refractivity contribution in [2.75, 3.05) is 44.0 Å². The fourth-order valence-electron chi connectivity index (χ4n) is 4.53. The fraction of sp³-hybridized carbons (Fsp3) is 0.400. The van der Waals surface area contributed by atoms with Gasteiger partial charge in [-0.25, -0.2) is 4.79 Å². The number of carbonyl (C=O) groups excluding carboxylic acids is 1. The Labute approximate surface area is 207 Å². The van der Waals surface area contributed by atoms with Crippen LogP contribution in [0.4, 0.5) is 11.5 Å². The minimum atomic E-state index is -0.672. The Kier molecular flexibility index (Phi) is 7.84. The molecule has 10 heteroatoms. The third kappa shape index (κ3) is 5.39. The second-order valence-corrected chi connectivity index (χ2v) is 9.65. The number of aromatic nitrogens is 2. The Morgan fingerprint density at radius 1 is 1.26 bits per heavy atom. The molecule has 0 fully saturated rings. The molecule has 1 amide bonds. The van der Waals surface area contributed by atoms with Crippen molar-refractivity contribution in [3.8, 4) is 0 Å². The number of carbonyl (C=O) groups is 1. The smallest absolute Gasteiger partial charge is 0.330 e. The second-order valence-electron chi connectivity index (χ2n) is 8.65. The van der Waals surface area contributed by atoms with Gasteiger partial charge in [0.15, 0.2) is 5.69 Å². The van der Waals surface area contributed by atoms with Crippen molar-refractivity contribution in [1.82, 2.24) is 14.5 Å². The summed E-state index contributed by atoms with van der Waals surface area (Å²) in [6.45, 7) is 3.83. The summed E-state index contributed by atoms with van der Waals surface area (Å²) in [4.78, 5) is 46.4. The van der Waals surface area contributed by atoms with Gasteiger partial charge in [-0.05, 0) is 42.3 Å². The van der Waals surface area contributed by atoms with Crippen LogP contribution in [-0.2, 0) is 22.5 Å². The maximum absolute atomic E-state index is 13.6. The van der Waals surface area contributed by atoms with Gasteiger partial charge in [0.2, 0.25) is 5.91 Å². The SMILES string of the molecule is COCCCN(C(=O)CN1CCc2sccc2[C@H]1C)c1c(N)n(Cc2ccccc2)c(=O)[nH]c1=O. The summed E-state index contributed by atoms with van der Waals surface area (Å²) in [6, 6.07) is 11.6. The van der Waals surface area contributed by atoms with Gasteiger partial charge in [-0.3, -0.25) is 24.0 Å². The summed E-state index contributed by atoms with van der Waals surface area (Å²) < 4.78 is 6.46. The van der Waals surface area contributed by atoms with E-state index in [1.54, 1.807) is 18.4 Å². The first kappa shape index (κ1) is 24.9. The van der Waals surface area contributed by atoms with Gasteiger partial charge < -0.3 is 15.4 Å². The molecule has 0 unspecified atom stereocenters. The predicted octanol–water partition coefficient (Wildman–Crippen LogP) is 2.22. The lowest BCUT2D eigenvalue weighted by molar-refractivity contribution is -0.120. The molecule has 1 aliphatic heterocycles. The van der Waals surface area contributed by atoms with Gasteiger partial charge in [-0.2, -0.15) is 0 Å². The van der Waals surface area contributed by atoms with Crippen LogP contribution in [0.25, 0.3) is 0 Å². The van der Waals surface area contributed by atoms with Crippen LogP contribution in [0.5, 0.6) is 0 Å². The molecule has 0 bridgehead atoms. The van der Waals surface area contributed by atoms with Crippen molar-refractivity contribution < 1.29 is 9.53 Å². The number of benzene rings is 1. The highest BCUT2D eigenvalue weighted by atomic mass is 32.1. The van der Waals surface area contributed by atoms with Crippen molar-refractivity contribution in [2.24, 2.45) is 0 Å². The molecule has 3 aromatic rings. The van der Waals surface area contributed by atoms with Gasteiger partial charge in [-0.1, -0.05) is 30.3 Å². The molecule has 0 saturated heterocycles. The number of fused-ring (bicyclic) bond motifs is 1. The van der Waals surface area contributed by atoms with E-state index in [1.807, 2.05) is 30.3 Å². The lowest BCUT2D eigenvalue weighted by Crippen LogP contribution is -2.47. The summed E-state index contributed by atoms with van der Waals surface area (Å²) >= 11 is 1.74. The molecule has 0 radical (unpaired) electrons. The van der Waals surface area contributed by atoms with E-state index in [-0.39, 0.29) is 43.1 Å². The quantitative estimate of drug-likeness (QED) is 0.438. The van der Waals surface area contributed by atoms with E-state index in [0.717, 1.165) is 18.5 Å². The zero-order chi connectivity index (χ0) is 24.9.